The molecule has 0 aromatic heterocycles. The van der Waals surface area contributed by atoms with Crippen LogP contribution >= 0.6 is 0 Å². The summed E-state index contributed by atoms with van der Waals surface area (Å²) in [5, 5.41) is 2.15. The van der Waals surface area contributed by atoms with Gasteiger partial charge in [-0.05, 0) is 61.7 Å². The quantitative estimate of drug-likeness (QED) is 0.450. The first kappa shape index (κ1) is 26.6. The van der Waals surface area contributed by atoms with Crippen molar-refractivity contribution in [3.63, 3.8) is 0 Å². The zero-order chi connectivity index (χ0) is 26.4. The van der Waals surface area contributed by atoms with Crippen LogP contribution in [0.15, 0.2) is 42.5 Å². The fourth-order valence-corrected chi connectivity index (χ4v) is 4.91. The molecule has 2 heterocycles. The lowest BCUT2D eigenvalue weighted by Gasteiger charge is -2.36. The summed E-state index contributed by atoms with van der Waals surface area (Å²) >= 11 is 0. The van der Waals surface area contributed by atoms with Crippen molar-refractivity contribution in [2.75, 3.05) is 44.2 Å². The summed E-state index contributed by atoms with van der Waals surface area (Å²) in [6, 6.07) is 14.0. The molecule has 3 N–H and O–H groups in total. The SMILES string of the molecule is CC(CCC(=O)NC=O)N1Cc2cc(N3CCN(CCOc4ccc([C@@H](C)N)cc4)CC3)ccc2C1=O. The number of carbonyl (C=O) groups excluding carboxylic acids is 3. The number of fused-ring (bicyclic) bond motifs is 1. The number of hydrogen-bond acceptors (Lipinski definition) is 7. The van der Waals surface area contributed by atoms with Gasteiger partial charge < -0.3 is 20.3 Å². The van der Waals surface area contributed by atoms with Crippen LogP contribution in [0.1, 0.15) is 54.2 Å². The number of benzene rings is 2. The van der Waals surface area contributed by atoms with Crippen LogP contribution in [0.25, 0.3) is 0 Å². The van der Waals surface area contributed by atoms with Crippen LogP contribution < -0.4 is 20.7 Å². The van der Waals surface area contributed by atoms with E-state index in [1.807, 2.05) is 55.1 Å². The van der Waals surface area contributed by atoms with Gasteiger partial charge in [-0.1, -0.05) is 12.1 Å². The van der Waals surface area contributed by atoms with Crippen LogP contribution in [0.4, 0.5) is 5.69 Å². The Hall–Kier alpha value is -3.43. The van der Waals surface area contributed by atoms with E-state index in [9.17, 15) is 14.4 Å². The van der Waals surface area contributed by atoms with E-state index < -0.39 is 0 Å². The van der Waals surface area contributed by atoms with Gasteiger partial charge in [-0.3, -0.25) is 24.6 Å². The molecule has 0 saturated carbocycles. The van der Waals surface area contributed by atoms with Crippen LogP contribution in [0.2, 0.25) is 0 Å². The summed E-state index contributed by atoms with van der Waals surface area (Å²) in [6.45, 7) is 9.71. The fourth-order valence-electron chi connectivity index (χ4n) is 4.91. The average molecular weight is 508 g/mol. The van der Waals surface area contributed by atoms with E-state index in [4.69, 9.17) is 10.5 Å². The van der Waals surface area contributed by atoms with Gasteiger partial charge in [-0.2, -0.15) is 0 Å². The molecule has 37 heavy (non-hydrogen) atoms. The summed E-state index contributed by atoms with van der Waals surface area (Å²) in [6.07, 6.45) is 1.11. The number of nitrogens with one attached hydrogen (secondary N) is 1. The number of nitrogens with two attached hydrogens (primary N) is 1. The summed E-state index contributed by atoms with van der Waals surface area (Å²) in [5.74, 6) is 0.542. The lowest BCUT2D eigenvalue weighted by Crippen LogP contribution is -2.47. The highest BCUT2D eigenvalue weighted by Gasteiger charge is 2.31. The largest absolute Gasteiger partial charge is 0.492 e. The first-order chi connectivity index (χ1) is 17.9. The van der Waals surface area contributed by atoms with Crippen LogP contribution in [-0.2, 0) is 16.1 Å². The first-order valence-electron chi connectivity index (χ1n) is 13.0. The monoisotopic (exact) mass is 507 g/mol. The van der Waals surface area contributed by atoms with Gasteiger partial charge in [0.1, 0.15) is 12.4 Å². The molecule has 9 heteroatoms. The zero-order valence-electron chi connectivity index (χ0n) is 21.7. The Kier molecular flexibility index (Phi) is 8.78. The molecule has 1 saturated heterocycles. The maximum atomic E-state index is 12.9. The molecule has 1 fully saturated rings. The second-order valence-corrected chi connectivity index (χ2v) is 9.88. The summed E-state index contributed by atoms with van der Waals surface area (Å²) in [7, 11) is 0. The van der Waals surface area contributed by atoms with Crippen molar-refractivity contribution < 1.29 is 19.1 Å². The van der Waals surface area contributed by atoms with Gasteiger partial charge in [0.15, 0.2) is 0 Å². The number of carbonyl (C=O) groups is 3. The number of hydrogen-bond donors (Lipinski definition) is 2. The summed E-state index contributed by atoms with van der Waals surface area (Å²) in [4.78, 5) is 41.5. The number of amides is 3. The normalized spacial score (nSPS) is 17.3. The molecule has 2 aromatic carbocycles. The van der Waals surface area contributed by atoms with Gasteiger partial charge in [-0.15, -0.1) is 0 Å². The third-order valence-electron chi connectivity index (χ3n) is 7.28. The molecule has 2 atom stereocenters. The summed E-state index contributed by atoms with van der Waals surface area (Å²) < 4.78 is 5.92. The summed E-state index contributed by atoms with van der Waals surface area (Å²) in [5.41, 5.74) is 9.90. The molecule has 3 amide bonds. The predicted molar refractivity (Wildman–Crippen MR) is 142 cm³/mol. The van der Waals surface area contributed by atoms with Gasteiger partial charge in [-0.25, -0.2) is 0 Å². The Balaban J connectivity index is 1.24. The van der Waals surface area contributed by atoms with Crippen molar-refractivity contribution in [3.8, 4) is 5.75 Å². The fraction of sp³-hybridized carbons (Fsp3) is 0.464. The van der Waals surface area contributed by atoms with Crippen molar-refractivity contribution in [2.24, 2.45) is 5.73 Å². The molecule has 0 spiro atoms. The Morgan fingerprint density at radius 2 is 1.84 bits per heavy atom. The van der Waals surface area contributed by atoms with Gasteiger partial charge in [0.2, 0.25) is 12.3 Å². The lowest BCUT2D eigenvalue weighted by molar-refractivity contribution is -0.125. The Morgan fingerprint density at radius 3 is 2.51 bits per heavy atom. The number of nitrogens with zero attached hydrogens (tertiary/aromatic N) is 3. The van der Waals surface area contributed by atoms with E-state index in [2.05, 4.69) is 21.2 Å². The molecule has 2 aromatic rings. The van der Waals surface area contributed by atoms with Crippen molar-refractivity contribution >= 4 is 23.9 Å². The lowest BCUT2D eigenvalue weighted by atomic mass is 10.1. The van der Waals surface area contributed by atoms with Crippen molar-refractivity contribution in [2.45, 2.75) is 45.3 Å². The van der Waals surface area contributed by atoms with E-state index >= 15 is 0 Å². The maximum absolute atomic E-state index is 12.9. The average Bonchev–Trinajstić information content (AvgIpc) is 3.24. The van der Waals surface area contributed by atoms with Gasteiger partial charge in [0.25, 0.3) is 5.91 Å². The van der Waals surface area contributed by atoms with Gasteiger partial charge >= 0.3 is 0 Å². The molecule has 0 bridgehead atoms. The zero-order valence-corrected chi connectivity index (χ0v) is 21.7. The van der Waals surface area contributed by atoms with Crippen LogP contribution in [-0.4, -0.2) is 73.4 Å². The molecule has 0 aliphatic carbocycles. The highest BCUT2D eigenvalue weighted by atomic mass is 16.5. The molecule has 2 aliphatic rings. The Labute approximate surface area is 218 Å². The maximum Gasteiger partial charge on any atom is 0.254 e. The molecular weight excluding hydrogens is 470 g/mol. The van der Waals surface area contributed by atoms with Crippen LogP contribution in [0, 0.1) is 0 Å². The van der Waals surface area contributed by atoms with Gasteiger partial charge in [0, 0.05) is 69.0 Å². The second-order valence-electron chi connectivity index (χ2n) is 9.88. The third-order valence-corrected chi connectivity index (χ3v) is 7.28. The number of imide groups is 1. The predicted octanol–water partition coefficient (Wildman–Crippen LogP) is 2.30. The van der Waals surface area contributed by atoms with Crippen molar-refractivity contribution in [1.82, 2.24) is 15.1 Å². The highest BCUT2D eigenvalue weighted by Crippen LogP contribution is 2.30. The smallest absolute Gasteiger partial charge is 0.254 e. The first-order valence-corrected chi connectivity index (χ1v) is 13.0. The number of rotatable bonds is 11. The standard InChI is InChI=1S/C28H37N5O4/c1-20(3-10-27(35)30-19-34)33-18-23-17-24(6-9-26(23)28(33)36)32-13-11-31(12-14-32)15-16-37-25-7-4-22(5-8-25)21(2)29/h4-9,17,19-21H,3,10-16,18,29H2,1-2H3,(H,30,34,35)/t20?,21-/m1/s1. The van der Waals surface area contributed by atoms with E-state index in [0.29, 0.717) is 26.0 Å². The molecule has 2 aliphatic heterocycles. The number of ether oxygens (including phenoxy) is 1. The number of anilines is 1. The van der Waals surface area contributed by atoms with Crippen molar-refractivity contribution in [3.05, 3.63) is 59.2 Å². The van der Waals surface area contributed by atoms with Gasteiger partial charge in [0.05, 0.1) is 0 Å². The van der Waals surface area contributed by atoms with E-state index in [0.717, 1.165) is 60.9 Å². The molecule has 9 nitrogen and oxygen atoms in total. The Bertz CT molecular complexity index is 1100. The minimum atomic E-state index is -0.324. The van der Waals surface area contributed by atoms with Crippen molar-refractivity contribution in [1.29, 1.82) is 0 Å². The topological polar surface area (TPSA) is 108 Å². The van der Waals surface area contributed by atoms with E-state index in [-0.39, 0.29) is 30.3 Å². The molecule has 4 rings (SSSR count). The second kappa shape index (κ2) is 12.2. The Morgan fingerprint density at radius 1 is 1.11 bits per heavy atom. The van der Waals surface area contributed by atoms with E-state index in [1.54, 1.807) is 0 Å². The minimum Gasteiger partial charge on any atom is -0.492 e. The van der Waals surface area contributed by atoms with Crippen LogP contribution in [0.5, 0.6) is 5.75 Å². The van der Waals surface area contributed by atoms with Crippen LogP contribution in [0.3, 0.4) is 0 Å². The molecule has 1 unspecified atom stereocenters. The molecular formula is C28H37N5O4. The minimum absolute atomic E-state index is 0.00171. The molecule has 198 valence electrons. The number of piperazine rings is 1. The van der Waals surface area contributed by atoms with E-state index in [1.165, 1.54) is 0 Å². The highest BCUT2D eigenvalue weighted by molar-refractivity contribution is 5.99. The third kappa shape index (κ3) is 6.67. The molecule has 0 radical (unpaired) electrons.